The molecule has 3 aromatic rings. The Kier molecular flexibility index (Phi) is 6.04. The van der Waals surface area contributed by atoms with E-state index >= 15 is 0 Å². The Morgan fingerprint density at radius 1 is 1.28 bits per heavy atom. The van der Waals surface area contributed by atoms with Crippen molar-refractivity contribution in [2.24, 2.45) is 5.73 Å². The number of nitrogens with zero attached hydrogens (tertiary/aromatic N) is 5. The lowest BCUT2D eigenvalue weighted by molar-refractivity contribution is -0.114. The number of anilines is 2. The van der Waals surface area contributed by atoms with Gasteiger partial charge in [0, 0.05) is 38.2 Å². The van der Waals surface area contributed by atoms with Gasteiger partial charge in [-0.2, -0.15) is 5.10 Å². The highest BCUT2D eigenvalue weighted by atomic mass is 16.2. The molecule has 1 aliphatic heterocycles. The highest BCUT2D eigenvalue weighted by Crippen LogP contribution is 2.23. The first-order valence-corrected chi connectivity index (χ1v) is 10.8. The van der Waals surface area contributed by atoms with E-state index in [1.54, 1.807) is 24.3 Å². The lowest BCUT2D eigenvalue weighted by atomic mass is 10.1. The van der Waals surface area contributed by atoms with Gasteiger partial charge < -0.3 is 20.5 Å². The first-order chi connectivity index (χ1) is 15.4. The van der Waals surface area contributed by atoms with E-state index in [2.05, 4.69) is 20.3 Å². The van der Waals surface area contributed by atoms with Crippen LogP contribution in [0.3, 0.4) is 0 Å². The minimum absolute atomic E-state index is 0.0740. The fourth-order valence-electron chi connectivity index (χ4n) is 4.16. The van der Waals surface area contributed by atoms with E-state index in [0.717, 1.165) is 24.1 Å². The number of nitrogens with one attached hydrogen (secondary N) is 1. The summed E-state index contributed by atoms with van der Waals surface area (Å²) in [6, 6.07) is 6.78. The normalized spacial score (nSPS) is 16.3. The molecule has 10 nitrogen and oxygen atoms in total. The van der Waals surface area contributed by atoms with Crippen LogP contribution in [0.25, 0.3) is 11.0 Å². The summed E-state index contributed by atoms with van der Waals surface area (Å²) in [5, 5.41) is 6.84. The van der Waals surface area contributed by atoms with E-state index in [1.807, 2.05) is 11.5 Å². The Labute approximate surface area is 185 Å². The molecule has 1 unspecified atom stereocenters. The van der Waals surface area contributed by atoms with Gasteiger partial charge in [-0.25, -0.2) is 9.67 Å². The zero-order valence-electron chi connectivity index (χ0n) is 18.2. The predicted octanol–water partition coefficient (Wildman–Crippen LogP) is 1.38. The number of hydrogen-bond acceptors (Lipinski definition) is 7. The molecule has 10 heteroatoms. The molecule has 32 heavy (non-hydrogen) atoms. The van der Waals surface area contributed by atoms with Crippen molar-refractivity contribution in [3.63, 3.8) is 0 Å². The fourth-order valence-corrected chi connectivity index (χ4v) is 4.16. The number of imidazole rings is 1. The number of nitrogens with two attached hydrogens (primary N) is 1. The number of benzene rings is 1. The maximum Gasteiger partial charge on any atom is 0.293 e. The number of carbonyl (C=O) groups is 2. The minimum Gasteiger partial charge on any atom is -0.341 e. The zero-order valence-corrected chi connectivity index (χ0v) is 18.2. The first-order valence-electron chi connectivity index (χ1n) is 10.8. The highest BCUT2D eigenvalue weighted by molar-refractivity contribution is 6.04. The molecule has 0 bridgehead atoms. The number of ketones is 1. The van der Waals surface area contributed by atoms with Crippen LogP contribution in [0.1, 0.15) is 37.0 Å². The van der Waals surface area contributed by atoms with Crippen LogP contribution in [0.2, 0.25) is 0 Å². The van der Waals surface area contributed by atoms with Crippen LogP contribution in [0, 0.1) is 0 Å². The number of hydrogen-bond donors (Lipinski definition) is 2. The van der Waals surface area contributed by atoms with Crippen molar-refractivity contribution in [2.45, 2.75) is 45.8 Å². The Balaban J connectivity index is 1.69. The summed E-state index contributed by atoms with van der Waals surface area (Å²) in [6.45, 7) is 5.15. The van der Waals surface area contributed by atoms with Crippen molar-refractivity contribution in [3.8, 4) is 0 Å². The minimum atomic E-state index is -0.380. The van der Waals surface area contributed by atoms with Gasteiger partial charge in [-0.15, -0.1) is 0 Å². The van der Waals surface area contributed by atoms with Crippen LogP contribution in [-0.4, -0.2) is 50.2 Å². The molecule has 168 valence electrons. The number of Topliss-reactive ketones (excluding diaryl/α,β-unsaturated/α-hetero) is 1. The van der Waals surface area contributed by atoms with E-state index in [0.29, 0.717) is 41.3 Å². The van der Waals surface area contributed by atoms with Gasteiger partial charge in [0.2, 0.25) is 11.9 Å². The van der Waals surface area contributed by atoms with Crippen molar-refractivity contribution < 1.29 is 9.59 Å². The van der Waals surface area contributed by atoms with Crippen molar-refractivity contribution >= 4 is 34.4 Å². The third-order valence-electron chi connectivity index (χ3n) is 5.62. The van der Waals surface area contributed by atoms with Crippen molar-refractivity contribution in [1.82, 2.24) is 19.3 Å². The molecule has 4 rings (SSSR count). The Morgan fingerprint density at radius 3 is 2.78 bits per heavy atom. The molecule has 1 aromatic carbocycles. The Hall–Kier alpha value is -3.53. The second-order valence-electron chi connectivity index (χ2n) is 8.00. The van der Waals surface area contributed by atoms with Crippen LogP contribution >= 0.6 is 0 Å². The molecule has 3 heterocycles. The van der Waals surface area contributed by atoms with E-state index in [9.17, 15) is 14.4 Å². The SMILES string of the molecule is CCn1c(N2CCCC(N)C2)nc2cnn(CC(=O)c3ccccc3NC(C)=O)c(=O)c21. The molecule has 0 saturated carbocycles. The molecule has 0 radical (unpaired) electrons. The summed E-state index contributed by atoms with van der Waals surface area (Å²) in [6.07, 6.45) is 3.46. The van der Waals surface area contributed by atoms with Gasteiger partial charge in [-0.1, -0.05) is 12.1 Å². The third-order valence-corrected chi connectivity index (χ3v) is 5.62. The fraction of sp³-hybridized carbons (Fsp3) is 0.409. The standard InChI is InChI=1S/C22H27N7O3/c1-3-28-20-18(26-22(28)27-10-6-7-15(23)12-27)11-24-29(21(20)32)13-19(31)16-8-4-5-9-17(16)25-14(2)30/h4-5,8-9,11,15H,3,6-7,10,12-13,23H2,1-2H3,(H,25,30). The number of para-hydroxylation sites is 1. The number of fused-ring (bicyclic) bond motifs is 1. The number of amides is 1. The summed E-state index contributed by atoms with van der Waals surface area (Å²) in [5.74, 6) is 0.100. The monoisotopic (exact) mass is 437 g/mol. The van der Waals surface area contributed by atoms with Gasteiger partial charge in [0.05, 0.1) is 11.9 Å². The van der Waals surface area contributed by atoms with E-state index in [1.165, 1.54) is 13.1 Å². The van der Waals surface area contributed by atoms with Crippen LogP contribution < -0.4 is 21.5 Å². The summed E-state index contributed by atoms with van der Waals surface area (Å²) in [4.78, 5) is 44.4. The van der Waals surface area contributed by atoms with Gasteiger partial charge in [-0.05, 0) is 31.9 Å². The van der Waals surface area contributed by atoms with Crippen LogP contribution in [0.5, 0.6) is 0 Å². The number of rotatable bonds is 6. The third kappa shape index (κ3) is 4.13. The maximum atomic E-state index is 13.3. The number of carbonyl (C=O) groups excluding carboxylic acids is 2. The van der Waals surface area contributed by atoms with E-state index in [4.69, 9.17) is 5.73 Å². The lowest BCUT2D eigenvalue weighted by Crippen LogP contribution is -2.44. The highest BCUT2D eigenvalue weighted by Gasteiger charge is 2.24. The molecule has 0 aliphatic carbocycles. The Bertz CT molecular complexity index is 1230. The number of aromatic nitrogens is 4. The molecule has 1 aliphatic rings. The van der Waals surface area contributed by atoms with Crippen molar-refractivity contribution in [2.75, 3.05) is 23.3 Å². The van der Waals surface area contributed by atoms with Gasteiger partial charge in [0.15, 0.2) is 5.78 Å². The summed E-state index contributed by atoms with van der Waals surface area (Å²) in [5.41, 5.74) is 7.39. The zero-order chi connectivity index (χ0) is 22.8. The van der Waals surface area contributed by atoms with Crippen molar-refractivity contribution in [1.29, 1.82) is 0 Å². The molecule has 1 amide bonds. The second kappa shape index (κ2) is 8.91. The molecule has 0 spiro atoms. The average Bonchev–Trinajstić information content (AvgIpc) is 3.15. The van der Waals surface area contributed by atoms with Crippen LogP contribution in [0.4, 0.5) is 11.6 Å². The molecule has 1 atom stereocenters. The lowest BCUT2D eigenvalue weighted by Gasteiger charge is -2.31. The molecule has 1 fully saturated rings. The van der Waals surface area contributed by atoms with Crippen LogP contribution in [-0.2, 0) is 17.9 Å². The first kappa shape index (κ1) is 21.7. The molecule has 3 N–H and O–H groups in total. The number of piperidine rings is 1. The number of aryl methyl sites for hydroxylation is 1. The van der Waals surface area contributed by atoms with E-state index in [-0.39, 0.29) is 29.8 Å². The van der Waals surface area contributed by atoms with Gasteiger partial charge in [-0.3, -0.25) is 14.4 Å². The quantitative estimate of drug-likeness (QED) is 0.558. The summed E-state index contributed by atoms with van der Waals surface area (Å²) in [7, 11) is 0. The Morgan fingerprint density at radius 2 is 2.06 bits per heavy atom. The van der Waals surface area contributed by atoms with Gasteiger partial charge in [0.25, 0.3) is 5.56 Å². The van der Waals surface area contributed by atoms with Crippen LogP contribution in [0.15, 0.2) is 35.3 Å². The summed E-state index contributed by atoms with van der Waals surface area (Å²) >= 11 is 0. The topological polar surface area (TPSA) is 128 Å². The molecule has 1 saturated heterocycles. The van der Waals surface area contributed by atoms with E-state index < -0.39 is 0 Å². The summed E-state index contributed by atoms with van der Waals surface area (Å²) < 4.78 is 3.01. The average molecular weight is 438 g/mol. The molecular weight excluding hydrogens is 410 g/mol. The predicted molar refractivity (Wildman–Crippen MR) is 122 cm³/mol. The van der Waals surface area contributed by atoms with Crippen molar-refractivity contribution in [3.05, 3.63) is 46.4 Å². The van der Waals surface area contributed by atoms with Gasteiger partial charge in [0.1, 0.15) is 17.6 Å². The maximum absolute atomic E-state index is 13.3. The second-order valence-corrected chi connectivity index (χ2v) is 8.00. The smallest absolute Gasteiger partial charge is 0.293 e. The molecule has 2 aromatic heterocycles. The van der Waals surface area contributed by atoms with Gasteiger partial charge >= 0.3 is 0 Å². The largest absolute Gasteiger partial charge is 0.341 e. The molecular formula is C22H27N7O3.